The molecule has 0 bridgehead atoms. The predicted octanol–water partition coefficient (Wildman–Crippen LogP) is 3.15. The van der Waals surface area contributed by atoms with Gasteiger partial charge in [-0.1, -0.05) is 28.9 Å². The normalized spacial score (nSPS) is 10.4. The second-order valence-electron chi connectivity index (χ2n) is 6.23. The first kappa shape index (κ1) is 21.1. The summed E-state index contributed by atoms with van der Waals surface area (Å²) in [5, 5.41) is 13.7. The van der Waals surface area contributed by atoms with Crippen LogP contribution < -0.4 is 20.1 Å². The first-order valence-electron chi connectivity index (χ1n) is 8.90. The maximum Gasteiger partial charge on any atom is 0.278 e. The number of para-hydroxylation sites is 1. The summed E-state index contributed by atoms with van der Waals surface area (Å²) in [7, 11) is 3.02. The quantitative estimate of drug-likeness (QED) is 0.597. The van der Waals surface area contributed by atoms with Crippen molar-refractivity contribution in [3.63, 3.8) is 0 Å². The number of hydrogen-bond donors (Lipinski definition) is 2. The molecule has 3 rings (SSSR count). The van der Waals surface area contributed by atoms with E-state index in [9.17, 15) is 9.59 Å². The molecule has 0 spiro atoms. The van der Waals surface area contributed by atoms with Crippen LogP contribution in [0.15, 0.2) is 42.5 Å². The van der Waals surface area contributed by atoms with E-state index in [0.29, 0.717) is 33.6 Å². The summed E-state index contributed by atoms with van der Waals surface area (Å²) in [6.07, 6.45) is 0. The number of nitrogens with zero attached hydrogens (tertiary/aromatic N) is 3. The predicted molar refractivity (Wildman–Crippen MR) is 112 cm³/mol. The number of carbonyl (C=O) groups is 2. The molecule has 0 radical (unpaired) electrons. The van der Waals surface area contributed by atoms with Crippen molar-refractivity contribution in [2.75, 3.05) is 24.9 Å². The van der Waals surface area contributed by atoms with Gasteiger partial charge in [-0.25, -0.2) is 4.68 Å². The minimum Gasteiger partial charge on any atom is -0.497 e. The number of rotatable bonds is 7. The SMILES string of the molecule is COc1ccc(OC)c(NC(=O)c2nnn(CC(=O)Nc3ccccc3Cl)c2C)c1. The van der Waals surface area contributed by atoms with Crippen molar-refractivity contribution in [1.29, 1.82) is 0 Å². The highest BCUT2D eigenvalue weighted by molar-refractivity contribution is 6.33. The van der Waals surface area contributed by atoms with Crippen LogP contribution in [0.2, 0.25) is 5.02 Å². The van der Waals surface area contributed by atoms with E-state index < -0.39 is 5.91 Å². The summed E-state index contributed by atoms with van der Waals surface area (Å²) in [6.45, 7) is 1.53. The molecular formula is C20H20ClN5O4. The molecule has 0 atom stereocenters. The lowest BCUT2D eigenvalue weighted by atomic mass is 10.2. The summed E-state index contributed by atoms with van der Waals surface area (Å²) in [6, 6.07) is 11.9. The van der Waals surface area contributed by atoms with E-state index in [0.717, 1.165) is 0 Å². The van der Waals surface area contributed by atoms with Gasteiger partial charge in [-0.15, -0.1) is 5.10 Å². The van der Waals surface area contributed by atoms with Gasteiger partial charge in [-0.05, 0) is 31.2 Å². The zero-order valence-electron chi connectivity index (χ0n) is 16.6. The maximum absolute atomic E-state index is 12.7. The molecule has 156 valence electrons. The highest BCUT2D eigenvalue weighted by Gasteiger charge is 2.20. The second-order valence-corrected chi connectivity index (χ2v) is 6.64. The summed E-state index contributed by atoms with van der Waals surface area (Å²) < 4.78 is 11.8. The molecule has 2 amide bonds. The zero-order valence-corrected chi connectivity index (χ0v) is 17.4. The lowest BCUT2D eigenvalue weighted by molar-refractivity contribution is -0.117. The molecule has 1 heterocycles. The van der Waals surface area contributed by atoms with Crippen molar-refractivity contribution in [3.05, 3.63) is 58.9 Å². The van der Waals surface area contributed by atoms with Crippen molar-refractivity contribution >= 4 is 34.8 Å². The number of hydrogen-bond acceptors (Lipinski definition) is 6. The van der Waals surface area contributed by atoms with Crippen LogP contribution in [0, 0.1) is 6.92 Å². The summed E-state index contributed by atoms with van der Waals surface area (Å²) in [5.74, 6) is 0.186. The standard InChI is InChI=1S/C20H20ClN5O4/c1-12-19(20(28)23-16-10-13(29-2)8-9-17(16)30-3)24-25-26(12)11-18(27)22-15-7-5-4-6-14(15)21/h4-10H,11H2,1-3H3,(H,22,27)(H,23,28). The van der Waals surface area contributed by atoms with Crippen molar-refractivity contribution in [1.82, 2.24) is 15.0 Å². The van der Waals surface area contributed by atoms with Gasteiger partial charge in [0, 0.05) is 6.07 Å². The molecule has 0 saturated carbocycles. The largest absolute Gasteiger partial charge is 0.497 e. The number of halogens is 1. The Bertz CT molecular complexity index is 1080. The molecule has 0 saturated heterocycles. The Kier molecular flexibility index (Phi) is 6.53. The fraction of sp³-hybridized carbons (Fsp3) is 0.200. The van der Waals surface area contributed by atoms with Gasteiger partial charge in [0.25, 0.3) is 5.91 Å². The van der Waals surface area contributed by atoms with Gasteiger partial charge in [-0.3, -0.25) is 9.59 Å². The second kappa shape index (κ2) is 9.27. The number of nitrogens with one attached hydrogen (secondary N) is 2. The van der Waals surface area contributed by atoms with Crippen molar-refractivity contribution < 1.29 is 19.1 Å². The van der Waals surface area contributed by atoms with Gasteiger partial charge in [0.05, 0.1) is 36.3 Å². The van der Waals surface area contributed by atoms with Crippen LogP contribution >= 0.6 is 11.6 Å². The first-order valence-corrected chi connectivity index (χ1v) is 9.28. The van der Waals surface area contributed by atoms with E-state index >= 15 is 0 Å². The van der Waals surface area contributed by atoms with Crippen LogP contribution in [0.4, 0.5) is 11.4 Å². The molecule has 10 heteroatoms. The molecule has 2 aromatic carbocycles. The Morgan fingerprint density at radius 2 is 1.83 bits per heavy atom. The molecule has 0 unspecified atom stereocenters. The highest BCUT2D eigenvalue weighted by Crippen LogP contribution is 2.29. The summed E-state index contributed by atoms with van der Waals surface area (Å²) in [5.41, 5.74) is 1.44. The number of methoxy groups -OCH3 is 2. The van der Waals surface area contributed by atoms with E-state index in [4.69, 9.17) is 21.1 Å². The lowest BCUT2D eigenvalue weighted by Gasteiger charge is -2.11. The molecule has 2 N–H and O–H groups in total. The lowest BCUT2D eigenvalue weighted by Crippen LogP contribution is -2.21. The van der Waals surface area contributed by atoms with Crippen LogP contribution in [0.1, 0.15) is 16.2 Å². The van der Waals surface area contributed by atoms with E-state index in [1.807, 2.05) is 0 Å². The number of aromatic nitrogens is 3. The van der Waals surface area contributed by atoms with E-state index in [1.54, 1.807) is 49.4 Å². The van der Waals surface area contributed by atoms with Crippen molar-refractivity contribution in [3.8, 4) is 11.5 Å². The average molecular weight is 430 g/mol. The number of carbonyl (C=O) groups excluding carboxylic acids is 2. The van der Waals surface area contributed by atoms with Gasteiger partial charge < -0.3 is 20.1 Å². The number of amides is 2. The van der Waals surface area contributed by atoms with Crippen LogP contribution in [0.3, 0.4) is 0 Å². The topological polar surface area (TPSA) is 107 Å². The van der Waals surface area contributed by atoms with E-state index in [1.165, 1.54) is 18.9 Å². The Hall–Kier alpha value is -3.59. The fourth-order valence-electron chi connectivity index (χ4n) is 2.70. The van der Waals surface area contributed by atoms with Gasteiger partial charge >= 0.3 is 0 Å². The molecule has 0 aliphatic heterocycles. The number of ether oxygens (including phenoxy) is 2. The smallest absolute Gasteiger partial charge is 0.278 e. The zero-order chi connectivity index (χ0) is 21.7. The van der Waals surface area contributed by atoms with Gasteiger partial charge in [0.15, 0.2) is 5.69 Å². The van der Waals surface area contributed by atoms with Crippen LogP contribution in [-0.2, 0) is 11.3 Å². The minimum atomic E-state index is -0.489. The number of anilines is 2. The molecule has 0 aliphatic carbocycles. The Balaban J connectivity index is 1.72. The highest BCUT2D eigenvalue weighted by atomic mass is 35.5. The monoisotopic (exact) mass is 429 g/mol. The molecule has 0 fully saturated rings. The summed E-state index contributed by atoms with van der Waals surface area (Å²) >= 11 is 6.05. The Morgan fingerprint density at radius 3 is 2.53 bits per heavy atom. The first-order chi connectivity index (χ1) is 14.4. The molecule has 30 heavy (non-hydrogen) atoms. The molecular weight excluding hydrogens is 410 g/mol. The third-order valence-electron chi connectivity index (χ3n) is 4.29. The van der Waals surface area contributed by atoms with Crippen LogP contribution in [0.5, 0.6) is 11.5 Å². The summed E-state index contributed by atoms with van der Waals surface area (Å²) in [4.78, 5) is 25.0. The molecule has 9 nitrogen and oxygen atoms in total. The third kappa shape index (κ3) is 4.69. The average Bonchev–Trinajstić information content (AvgIpc) is 3.09. The van der Waals surface area contributed by atoms with Gasteiger partial charge in [0.2, 0.25) is 5.91 Å². The Morgan fingerprint density at radius 1 is 1.07 bits per heavy atom. The molecule has 3 aromatic rings. The number of benzene rings is 2. The van der Waals surface area contributed by atoms with Crippen molar-refractivity contribution in [2.24, 2.45) is 0 Å². The van der Waals surface area contributed by atoms with Crippen molar-refractivity contribution in [2.45, 2.75) is 13.5 Å². The van der Waals surface area contributed by atoms with E-state index in [2.05, 4.69) is 20.9 Å². The molecule has 1 aromatic heterocycles. The minimum absolute atomic E-state index is 0.0883. The third-order valence-corrected chi connectivity index (χ3v) is 4.62. The van der Waals surface area contributed by atoms with Gasteiger partial charge in [-0.2, -0.15) is 0 Å². The molecule has 0 aliphatic rings. The van der Waals surface area contributed by atoms with Gasteiger partial charge in [0.1, 0.15) is 18.0 Å². The maximum atomic E-state index is 12.7. The van der Waals surface area contributed by atoms with Crippen LogP contribution in [-0.4, -0.2) is 41.0 Å². The van der Waals surface area contributed by atoms with Crippen LogP contribution in [0.25, 0.3) is 0 Å². The fourth-order valence-corrected chi connectivity index (χ4v) is 2.88. The van der Waals surface area contributed by atoms with E-state index in [-0.39, 0.29) is 18.1 Å². The Labute approximate surface area is 177 Å².